The van der Waals surface area contributed by atoms with Gasteiger partial charge in [0.25, 0.3) is 0 Å². The van der Waals surface area contributed by atoms with E-state index in [-0.39, 0.29) is 11.9 Å². The molecule has 1 N–H and O–H groups in total. The molecule has 1 aliphatic heterocycles. The van der Waals surface area contributed by atoms with Crippen molar-refractivity contribution in [1.29, 1.82) is 0 Å². The van der Waals surface area contributed by atoms with Gasteiger partial charge in [-0.15, -0.1) is 0 Å². The number of hydrogen-bond acceptors (Lipinski definition) is 3. The molecule has 1 fully saturated rings. The smallest absolute Gasteiger partial charge is 0.387 e. The zero-order valence-corrected chi connectivity index (χ0v) is 11.8. The van der Waals surface area contributed by atoms with Crippen LogP contribution in [0.3, 0.4) is 0 Å². The van der Waals surface area contributed by atoms with Crippen LogP contribution in [-0.4, -0.2) is 25.8 Å². The number of alkyl halides is 2. The van der Waals surface area contributed by atoms with Crippen LogP contribution < -0.4 is 10.1 Å². The highest BCUT2D eigenvalue weighted by molar-refractivity contribution is 5.35. The number of ether oxygens (including phenoxy) is 2. The molecule has 112 valence electrons. The normalized spacial score (nSPS) is 23.3. The molecule has 1 aromatic rings. The number of nitrogens with one attached hydrogen (secondary N) is 1. The lowest BCUT2D eigenvalue weighted by Crippen LogP contribution is -2.43. The summed E-state index contributed by atoms with van der Waals surface area (Å²) in [5.74, 6) is 0.790. The average molecular weight is 285 g/mol. The quantitative estimate of drug-likeness (QED) is 0.900. The Morgan fingerprint density at radius 2 is 2.10 bits per heavy atom. The first-order chi connectivity index (χ1) is 9.56. The predicted molar refractivity (Wildman–Crippen MR) is 73.0 cm³/mol. The van der Waals surface area contributed by atoms with Crippen molar-refractivity contribution in [2.75, 3.05) is 13.2 Å². The summed E-state index contributed by atoms with van der Waals surface area (Å²) in [7, 11) is 0. The van der Waals surface area contributed by atoms with E-state index >= 15 is 0 Å². The first-order valence-corrected chi connectivity index (χ1v) is 6.95. The van der Waals surface area contributed by atoms with Gasteiger partial charge in [0.2, 0.25) is 0 Å². The molecule has 1 aromatic carbocycles. The molecule has 2 unspecified atom stereocenters. The third-order valence-corrected chi connectivity index (χ3v) is 3.33. The van der Waals surface area contributed by atoms with Gasteiger partial charge in [0.15, 0.2) is 0 Å². The molecule has 0 spiro atoms. The van der Waals surface area contributed by atoms with Gasteiger partial charge in [0.05, 0.1) is 12.7 Å². The molecule has 1 heterocycles. The molecule has 20 heavy (non-hydrogen) atoms. The number of para-hydroxylation sites is 1. The Balaban J connectivity index is 1.99. The van der Waals surface area contributed by atoms with E-state index in [1.54, 1.807) is 24.3 Å². The highest BCUT2D eigenvalue weighted by Gasteiger charge is 2.25. The van der Waals surface area contributed by atoms with Crippen LogP contribution >= 0.6 is 0 Å². The Morgan fingerprint density at radius 3 is 2.70 bits per heavy atom. The van der Waals surface area contributed by atoms with Crippen molar-refractivity contribution in [3.63, 3.8) is 0 Å². The Labute approximate surface area is 118 Å². The highest BCUT2D eigenvalue weighted by Crippen LogP contribution is 2.30. The van der Waals surface area contributed by atoms with Gasteiger partial charge in [-0.25, -0.2) is 0 Å². The van der Waals surface area contributed by atoms with Gasteiger partial charge in [-0.05, 0) is 18.4 Å². The number of halogens is 2. The second kappa shape index (κ2) is 6.99. The average Bonchev–Trinajstić information content (AvgIpc) is 2.39. The molecule has 0 aliphatic carbocycles. The molecule has 0 radical (unpaired) electrons. The van der Waals surface area contributed by atoms with Crippen LogP contribution in [0.1, 0.15) is 31.9 Å². The Hall–Kier alpha value is -1.20. The van der Waals surface area contributed by atoms with Crippen LogP contribution in [0.5, 0.6) is 5.75 Å². The maximum atomic E-state index is 12.4. The van der Waals surface area contributed by atoms with Gasteiger partial charge in [0.1, 0.15) is 5.75 Å². The molecule has 1 aliphatic rings. The molecule has 0 amide bonds. The van der Waals surface area contributed by atoms with Crippen LogP contribution in [0.2, 0.25) is 0 Å². The van der Waals surface area contributed by atoms with E-state index in [2.05, 4.69) is 23.9 Å². The highest BCUT2D eigenvalue weighted by atomic mass is 19.3. The summed E-state index contributed by atoms with van der Waals surface area (Å²) in [6.45, 7) is 2.72. The molecule has 3 nitrogen and oxygen atoms in total. The number of benzene rings is 1. The van der Waals surface area contributed by atoms with E-state index < -0.39 is 6.61 Å². The van der Waals surface area contributed by atoms with Crippen molar-refractivity contribution < 1.29 is 18.3 Å². The zero-order chi connectivity index (χ0) is 14.5. The summed E-state index contributed by atoms with van der Waals surface area (Å²) >= 11 is 0. The summed E-state index contributed by atoms with van der Waals surface area (Å²) in [5.41, 5.74) is 0.670. The molecule has 5 heteroatoms. The van der Waals surface area contributed by atoms with E-state index in [0.29, 0.717) is 30.7 Å². The molecular weight excluding hydrogens is 264 g/mol. The van der Waals surface area contributed by atoms with Gasteiger partial charge in [-0.1, -0.05) is 32.0 Å². The van der Waals surface area contributed by atoms with Crippen molar-refractivity contribution in [3.05, 3.63) is 29.8 Å². The minimum Gasteiger partial charge on any atom is -0.434 e. The Kier molecular flexibility index (Phi) is 5.31. The van der Waals surface area contributed by atoms with Crippen molar-refractivity contribution >= 4 is 0 Å². The lowest BCUT2D eigenvalue weighted by atomic mass is 10.0. The third kappa shape index (κ3) is 4.15. The van der Waals surface area contributed by atoms with E-state index in [1.807, 2.05) is 0 Å². The fourth-order valence-electron chi connectivity index (χ4n) is 2.49. The number of rotatable bonds is 5. The first kappa shape index (κ1) is 15.2. The minimum atomic E-state index is -2.82. The summed E-state index contributed by atoms with van der Waals surface area (Å²) in [4.78, 5) is 0. The Bertz CT molecular complexity index is 418. The van der Waals surface area contributed by atoms with Crippen LogP contribution in [0.4, 0.5) is 8.78 Å². The van der Waals surface area contributed by atoms with E-state index in [0.717, 1.165) is 6.42 Å². The summed E-state index contributed by atoms with van der Waals surface area (Å²) in [6.07, 6.45) is 0.801. The zero-order valence-electron chi connectivity index (χ0n) is 11.8. The van der Waals surface area contributed by atoms with Gasteiger partial charge >= 0.3 is 6.61 Å². The number of hydrogen-bond donors (Lipinski definition) is 1. The minimum absolute atomic E-state index is 0.191. The van der Waals surface area contributed by atoms with Crippen LogP contribution in [0.15, 0.2) is 24.3 Å². The van der Waals surface area contributed by atoms with Crippen molar-refractivity contribution in [3.8, 4) is 5.75 Å². The standard InChI is InChI=1S/C15H21F2NO2/c1-10(2)7-11-9-19-14(8-18-11)12-5-3-4-6-13(12)20-15(16)17/h3-6,10-11,14-15,18H,7-9H2,1-2H3. The van der Waals surface area contributed by atoms with Gasteiger partial charge in [0, 0.05) is 18.2 Å². The molecular formula is C15H21F2NO2. The largest absolute Gasteiger partial charge is 0.434 e. The monoisotopic (exact) mass is 285 g/mol. The molecule has 2 atom stereocenters. The maximum Gasteiger partial charge on any atom is 0.387 e. The third-order valence-electron chi connectivity index (χ3n) is 3.33. The van der Waals surface area contributed by atoms with Crippen molar-refractivity contribution in [2.24, 2.45) is 5.92 Å². The lowest BCUT2D eigenvalue weighted by Gasteiger charge is -2.32. The predicted octanol–water partition coefficient (Wildman–Crippen LogP) is 3.36. The van der Waals surface area contributed by atoms with Gasteiger partial charge in [-0.2, -0.15) is 8.78 Å². The summed E-state index contributed by atoms with van der Waals surface area (Å²) in [5, 5.41) is 3.41. The molecule has 0 bridgehead atoms. The topological polar surface area (TPSA) is 30.5 Å². The Morgan fingerprint density at radius 1 is 1.35 bits per heavy atom. The van der Waals surface area contributed by atoms with E-state index in [1.165, 1.54) is 0 Å². The molecule has 1 saturated heterocycles. The van der Waals surface area contributed by atoms with Gasteiger partial charge in [-0.3, -0.25) is 0 Å². The second-order valence-corrected chi connectivity index (χ2v) is 5.47. The maximum absolute atomic E-state index is 12.4. The lowest BCUT2D eigenvalue weighted by molar-refractivity contribution is -0.0546. The van der Waals surface area contributed by atoms with E-state index in [9.17, 15) is 8.78 Å². The molecule has 2 rings (SSSR count). The van der Waals surface area contributed by atoms with Crippen LogP contribution in [-0.2, 0) is 4.74 Å². The fourth-order valence-corrected chi connectivity index (χ4v) is 2.49. The van der Waals surface area contributed by atoms with Crippen molar-refractivity contribution in [1.82, 2.24) is 5.32 Å². The summed E-state index contributed by atoms with van der Waals surface area (Å²) < 4.78 is 35.2. The first-order valence-electron chi connectivity index (χ1n) is 6.95. The molecule has 0 saturated carbocycles. The van der Waals surface area contributed by atoms with Crippen LogP contribution in [0.25, 0.3) is 0 Å². The SMILES string of the molecule is CC(C)CC1COC(c2ccccc2OC(F)F)CN1. The summed E-state index contributed by atoms with van der Waals surface area (Å²) in [6, 6.07) is 7.13. The van der Waals surface area contributed by atoms with Crippen LogP contribution in [0, 0.1) is 5.92 Å². The fraction of sp³-hybridized carbons (Fsp3) is 0.600. The molecule has 0 aromatic heterocycles. The van der Waals surface area contributed by atoms with Gasteiger partial charge < -0.3 is 14.8 Å². The van der Waals surface area contributed by atoms with E-state index in [4.69, 9.17) is 4.74 Å². The second-order valence-electron chi connectivity index (χ2n) is 5.47. The van der Waals surface area contributed by atoms with Crippen molar-refractivity contribution in [2.45, 2.75) is 39.0 Å². The number of morpholine rings is 1.